The zero-order valence-corrected chi connectivity index (χ0v) is 12.4. The van der Waals surface area contributed by atoms with Crippen LogP contribution < -0.4 is 0 Å². The van der Waals surface area contributed by atoms with E-state index in [2.05, 4.69) is 0 Å². The van der Waals surface area contributed by atoms with Crippen LogP contribution >= 0.6 is 0 Å². The van der Waals surface area contributed by atoms with E-state index >= 15 is 0 Å². The van der Waals surface area contributed by atoms with Crippen LogP contribution in [0.15, 0.2) is 54.6 Å². The van der Waals surface area contributed by atoms with Gasteiger partial charge < -0.3 is 9.84 Å². The van der Waals surface area contributed by atoms with E-state index in [0.717, 1.165) is 16.7 Å². The van der Waals surface area contributed by atoms with Gasteiger partial charge in [-0.2, -0.15) is 0 Å². The first-order valence-corrected chi connectivity index (χ1v) is 7.06. The highest BCUT2D eigenvalue weighted by Gasteiger charge is 2.36. The zero-order valence-electron chi connectivity index (χ0n) is 12.4. The summed E-state index contributed by atoms with van der Waals surface area (Å²) in [7, 11) is 0. The lowest BCUT2D eigenvalue weighted by atomic mass is 9.82. The van der Waals surface area contributed by atoms with E-state index in [9.17, 15) is 9.90 Å². The Hall–Kier alpha value is -2.13. The smallest absolute Gasteiger partial charge is 0.318 e. The molecule has 3 heteroatoms. The number of carbonyl (C=O) groups is 1. The third kappa shape index (κ3) is 3.14. The van der Waals surface area contributed by atoms with E-state index in [1.807, 2.05) is 54.6 Å². The lowest BCUT2D eigenvalue weighted by Gasteiger charge is -2.25. The van der Waals surface area contributed by atoms with Gasteiger partial charge in [-0.3, -0.25) is 4.79 Å². The molecule has 1 atom stereocenters. The van der Waals surface area contributed by atoms with Gasteiger partial charge >= 0.3 is 5.97 Å². The lowest BCUT2D eigenvalue weighted by Crippen LogP contribution is -2.38. The largest absolute Gasteiger partial charge is 0.465 e. The number of carbonyl (C=O) groups excluding carboxylic acids is 1. The van der Waals surface area contributed by atoms with Crippen molar-refractivity contribution in [3.8, 4) is 11.1 Å². The molecule has 2 aromatic carbocycles. The fourth-order valence-electron chi connectivity index (χ4n) is 2.24. The molecule has 1 N–H and O–H groups in total. The molecule has 0 aromatic heterocycles. The Balaban J connectivity index is 2.42. The normalized spacial score (nSPS) is 13.5. The predicted octanol–water partition coefficient (Wildman–Crippen LogP) is 3.17. The highest BCUT2D eigenvalue weighted by molar-refractivity contribution is 5.83. The van der Waals surface area contributed by atoms with Gasteiger partial charge in [-0.05, 0) is 36.6 Å². The minimum atomic E-state index is -1.04. The molecule has 2 rings (SSSR count). The summed E-state index contributed by atoms with van der Waals surface area (Å²) in [5.41, 5.74) is 1.80. The van der Waals surface area contributed by atoms with Gasteiger partial charge in [0.05, 0.1) is 13.2 Å². The fraction of sp³-hybridized carbons (Fsp3) is 0.278. The Bertz CT molecular complexity index is 607. The zero-order chi connectivity index (χ0) is 15.3. The molecule has 0 bridgehead atoms. The van der Waals surface area contributed by atoms with Crippen LogP contribution in [0.5, 0.6) is 0 Å². The second kappa shape index (κ2) is 6.55. The fourth-order valence-corrected chi connectivity index (χ4v) is 2.24. The van der Waals surface area contributed by atoms with Crippen LogP contribution in [0, 0.1) is 0 Å². The van der Waals surface area contributed by atoms with Gasteiger partial charge in [0.25, 0.3) is 0 Å². The Labute approximate surface area is 125 Å². The van der Waals surface area contributed by atoms with Crippen molar-refractivity contribution in [2.24, 2.45) is 0 Å². The number of hydrogen-bond acceptors (Lipinski definition) is 3. The van der Waals surface area contributed by atoms with Crippen molar-refractivity contribution in [2.45, 2.75) is 19.3 Å². The molecule has 0 aliphatic heterocycles. The third-order valence-electron chi connectivity index (χ3n) is 3.65. The van der Waals surface area contributed by atoms with Crippen LogP contribution in [0.1, 0.15) is 19.4 Å². The molecular weight excluding hydrogens is 264 g/mol. The molecule has 3 nitrogen and oxygen atoms in total. The molecule has 0 aliphatic carbocycles. The van der Waals surface area contributed by atoms with Crippen LogP contribution in [-0.4, -0.2) is 24.3 Å². The summed E-state index contributed by atoms with van der Waals surface area (Å²) in [6, 6.07) is 17.6. The second-order valence-electron chi connectivity index (χ2n) is 5.16. The van der Waals surface area contributed by atoms with Crippen molar-refractivity contribution in [3.63, 3.8) is 0 Å². The molecule has 0 heterocycles. The average molecular weight is 284 g/mol. The number of benzene rings is 2. The van der Waals surface area contributed by atoms with Crippen LogP contribution in [0.4, 0.5) is 0 Å². The van der Waals surface area contributed by atoms with Crippen molar-refractivity contribution >= 4 is 5.97 Å². The predicted molar refractivity (Wildman–Crippen MR) is 82.9 cm³/mol. The number of aliphatic hydroxyl groups is 1. The number of hydrogen-bond donors (Lipinski definition) is 1. The van der Waals surface area contributed by atoms with Crippen molar-refractivity contribution in [2.75, 3.05) is 13.2 Å². The molecule has 0 amide bonds. The van der Waals surface area contributed by atoms with Gasteiger partial charge in [0.2, 0.25) is 0 Å². The summed E-state index contributed by atoms with van der Waals surface area (Å²) in [4.78, 5) is 12.2. The highest BCUT2D eigenvalue weighted by atomic mass is 16.5. The topological polar surface area (TPSA) is 46.5 Å². The Morgan fingerprint density at radius 1 is 1.10 bits per heavy atom. The van der Waals surface area contributed by atoms with Gasteiger partial charge in [-0.15, -0.1) is 0 Å². The van der Waals surface area contributed by atoms with E-state index in [1.165, 1.54) is 0 Å². The van der Waals surface area contributed by atoms with Gasteiger partial charge in [0, 0.05) is 0 Å². The average Bonchev–Trinajstić information content (AvgIpc) is 2.55. The van der Waals surface area contributed by atoms with Crippen LogP contribution in [0.25, 0.3) is 11.1 Å². The number of esters is 1. The Morgan fingerprint density at radius 3 is 2.38 bits per heavy atom. The molecule has 0 unspecified atom stereocenters. The molecule has 2 aromatic rings. The van der Waals surface area contributed by atoms with Gasteiger partial charge in [-0.25, -0.2) is 0 Å². The summed E-state index contributed by atoms with van der Waals surface area (Å²) in [6.07, 6.45) is 0. The summed E-state index contributed by atoms with van der Waals surface area (Å²) in [5.74, 6) is -0.405. The quantitative estimate of drug-likeness (QED) is 0.858. The van der Waals surface area contributed by atoms with Crippen LogP contribution in [-0.2, 0) is 14.9 Å². The minimum absolute atomic E-state index is 0.288. The second-order valence-corrected chi connectivity index (χ2v) is 5.16. The van der Waals surface area contributed by atoms with E-state index in [4.69, 9.17) is 4.74 Å². The first-order chi connectivity index (χ1) is 10.1. The van der Waals surface area contributed by atoms with Crippen molar-refractivity contribution < 1.29 is 14.6 Å². The summed E-state index contributed by atoms with van der Waals surface area (Å²) in [5, 5.41) is 9.70. The summed E-state index contributed by atoms with van der Waals surface area (Å²) < 4.78 is 5.10. The van der Waals surface area contributed by atoms with E-state index in [1.54, 1.807) is 13.8 Å². The molecule has 0 aliphatic rings. The first kappa shape index (κ1) is 15.3. The van der Waals surface area contributed by atoms with E-state index in [0.29, 0.717) is 6.61 Å². The lowest BCUT2D eigenvalue weighted by molar-refractivity contribution is -0.151. The number of ether oxygens (including phenoxy) is 1. The van der Waals surface area contributed by atoms with E-state index in [-0.39, 0.29) is 6.61 Å². The molecule has 0 saturated carbocycles. The van der Waals surface area contributed by atoms with Crippen molar-refractivity contribution in [1.82, 2.24) is 0 Å². The van der Waals surface area contributed by atoms with Crippen LogP contribution in [0.2, 0.25) is 0 Å². The standard InChI is InChI=1S/C18H20O3/c1-3-21-17(20)18(2,13-19)16-11-7-10-15(12-16)14-8-5-4-6-9-14/h4-12,19H,3,13H2,1-2H3/t18-/m1/s1. The maximum absolute atomic E-state index is 12.2. The van der Waals surface area contributed by atoms with Crippen molar-refractivity contribution in [1.29, 1.82) is 0 Å². The molecule has 21 heavy (non-hydrogen) atoms. The maximum atomic E-state index is 12.2. The molecule has 110 valence electrons. The Kier molecular flexibility index (Phi) is 4.76. The summed E-state index contributed by atoms with van der Waals surface area (Å²) in [6.45, 7) is 3.47. The van der Waals surface area contributed by atoms with Crippen molar-refractivity contribution in [3.05, 3.63) is 60.2 Å². The first-order valence-electron chi connectivity index (χ1n) is 7.06. The highest BCUT2D eigenvalue weighted by Crippen LogP contribution is 2.29. The third-order valence-corrected chi connectivity index (χ3v) is 3.65. The van der Waals surface area contributed by atoms with Crippen LogP contribution in [0.3, 0.4) is 0 Å². The minimum Gasteiger partial charge on any atom is -0.465 e. The SMILES string of the molecule is CCOC(=O)[C@](C)(CO)c1cccc(-c2ccccc2)c1. The molecule has 0 fully saturated rings. The van der Waals surface area contributed by atoms with Gasteiger partial charge in [0.1, 0.15) is 5.41 Å². The monoisotopic (exact) mass is 284 g/mol. The summed E-state index contributed by atoms with van der Waals surface area (Å²) >= 11 is 0. The maximum Gasteiger partial charge on any atom is 0.318 e. The molecule has 0 radical (unpaired) electrons. The molecule has 0 saturated heterocycles. The van der Waals surface area contributed by atoms with Gasteiger partial charge in [-0.1, -0.05) is 48.5 Å². The Morgan fingerprint density at radius 2 is 1.76 bits per heavy atom. The van der Waals surface area contributed by atoms with E-state index < -0.39 is 11.4 Å². The number of aliphatic hydroxyl groups excluding tert-OH is 1. The molecular formula is C18H20O3. The van der Waals surface area contributed by atoms with Gasteiger partial charge in [0.15, 0.2) is 0 Å². The molecule has 0 spiro atoms. The number of rotatable bonds is 5.